The molecule has 3 aromatic rings. The lowest BCUT2D eigenvalue weighted by Gasteiger charge is -2.18. The van der Waals surface area contributed by atoms with E-state index in [9.17, 15) is 19.2 Å². The molecule has 1 aromatic heterocycles. The number of ketones is 2. The maximum atomic E-state index is 12.9. The quantitative estimate of drug-likeness (QED) is 0.503. The molecule has 0 saturated heterocycles. The molecule has 2 heterocycles. The Morgan fingerprint density at radius 2 is 1.77 bits per heavy atom. The molecule has 0 N–H and O–H groups in total. The second-order valence-corrected chi connectivity index (χ2v) is 9.17. The van der Waals surface area contributed by atoms with Gasteiger partial charge in [0.1, 0.15) is 0 Å². The number of aromatic nitrogens is 1. The van der Waals surface area contributed by atoms with Gasteiger partial charge in [-0.1, -0.05) is 47.1 Å². The van der Waals surface area contributed by atoms with Crippen molar-refractivity contribution in [1.29, 1.82) is 0 Å². The number of oxime groups is 1. The van der Waals surface area contributed by atoms with Crippen LogP contribution in [-0.4, -0.2) is 27.8 Å². The van der Waals surface area contributed by atoms with Gasteiger partial charge in [-0.3, -0.25) is 14.4 Å². The van der Waals surface area contributed by atoms with Gasteiger partial charge in [-0.15, -0.1) is 0 Å². The smallest absolute Gasteiger partial charge is 0.318 e. The van der Waals surface area contributed by atoms with Gasteiger partial charge in [-0.25, -0.2) is 4.79 Å². The second kappa shape index (κ2) is 9.43. The van der Waals surface area contributed by atoms with Crippen LogP contribution in [0.4, 0.5) is 0 Å². The van der Waals surface area contributed by atoms with Crippen LogP contribution >= 0.6 is 11.6 Å². The molecule has 1 aliphatic heterocycles. The van der Waals surface area contributed by atoms with Crippen molar-refractivity contribution >= 4 is 34.8 Å². The molecule has 0 bridgehead atoms. The third-order valence-corrected chi connectivity index (χ3v) is 6.48. The van der Waals surface area contributed by atoms with E-state index in [1.807, 2.05) is 12.1 Å². The molecule has 35 heavy (non-hydrogen) atoms. The van der Waals surface area contributed by atoms with Gasteiger partial charge in [0.25, 0.3) is 5.56 Å². The number of halogens is 1. The normalized spacial score (nSPS) is 14.9. The van der Waals surface area contributed by atoms with Crippen molar-refractivity contribution in [3.63, 3.8) is 0 Å². The fourth-order valence-corrected chi connectivity index (χ4v) is 4.66. The molecule has 5 rings (SSSR count). The first kappa shape index (κ1) is 22.9. The van der Waals surface area contributed by atoms with E-state index in [1.54, 1.807) is 30.3 Å². The van der Waals surface area contributed by atoms with Crippen LogP contribution in [0.15, 0.2) is 64.7 Å². The van der Waals surface area contributed by atoms with Crippen LogP contribution < -0.4 is 5.56 Å². The molecule has 7 nitrogen and oxygen atoms in total. The molecule has 0 atom stereocenters. The number of nitrogens with zero attached hydrogens (tertiary/aromatic N) is 2. The Balaban J connectivity index is 1.38. The average Bonchev–Trinajstić information content (AvgIpc) is 3.27. The molecule has 176 valence electrons. The molecular formula is C27H21ClN2O5. The minimum absolute atomic E-state index is 0.0558. The highest BCUT2D eigenvalue weighted by Gasteiger charge is 2.22. The lowest BCUT2D eigenvalue weighted by molar-refractivity contribution is -0.140. The molecule has 0 radical (unpaired) electrons. The Kier molecular flexibility index (Phi) is 6.17. The molecule has 2 aromatic carbocycles. The maximum Gasteiger partial charge on any atom is 0.341 e. The molecule has 0 fully saturated rings. The fourth-order valence-electron chi connectivity index (χ4n) is 4.48. The van der Waals surface area contributed by atoms with Crippen LogP contribution in [0.2, 0.25) is 5.02 Å². The third-order valence-electron chi connectivity index (χ3n) is 6.24. The largest absolute Gasteiger partial charge is 0.341 e. The number of Topliss-reactive ketones (excluding diaryl/α,β-unsaturated/α-hetero) is 2. The topological polar surface area (TPSA) is 94.8 Å². The first-order valence-corrected chi connectivity index (χ1v) is 11.7. The summed E-state index contributed by atoms with van der Waals surface area (Å²) in [4.78, 5) is 54.4. The second-order valence-electron chi connectivity index (χ2n) is 8.74. The number of rotatable bonds is 5. The minimum Gasteiger partial charge on any atom is -0.318 e. The minimum atomic E-state index is -0.397. The Hall–Kier alpha value is -3.84. The predicted octanol–water partition coefficient (Wildman–Crippen LogP) is 4.15. The molecule has 0 amide bonds. The maximum absolute atomic E-state index is 12.9. The Morgan fingerprint density at radius 1 is 0.971 bits per heavy atom. The summed E-state index contributed by atoms with van der Waals surface area (Å²) < 4.78 is 1.30. The molecule has 0 saturated carbocycles. The van der Waals surface area contributed by atoms with Crippen molar-refractivity contribution in [3.8, 4) is 11.1 Å². The van der Waals surface area contributed by atoms with Crippen molar-refractivity contribution in [2.75, 3.05) is 0 Å². The summed E-state index contributed by atoms with van der Waals surface area (Å²) in [5.74, 6) is -0.621. The number of fused-ring (bicyclic) bond motifs is 3. The van der Waals surface area contributed by atoms with Crippen molar-refractivity contribution in [2.24, 2.45) is 5.16 Å². The summed E-state index contributed by atoms with van der Waals surface area (Å²) in [6.45, 7) is -0.140. The van der Waals surface area contributed by atoms with E-state index in [2.05, 4.69) is 9.99 Å². The van der Waals surface area contributed by atoms with Gasteiger partial charge in [0.2, 0.25) is 0 Å². The van der Waals surface area contributed by atoms with E-state index in [-0.39, 0.29) is 36.5 Å². The van der Waals surface area contributed by atoms with E-state index in [0.717, 1.165) is 28.7 Å². The van der Waals surface area contributed by atoms with Gasteiger partial charge >= 0.3 is 5.97 Å². The summed E-state index contributed by atoms with van der Waals surface area (Å²) in [5.41, 5.74) is 4.54. The highest BCUT2D eigenvalue weighted by Crippen LogP contribution is 2.32. The fraction of sp³-hybridized carbons (Fsp3) is 0.222. The molecule has 8 heteroatoms. The van der Waals surface area contributed by atoms with Crippen molar-refractivity contribution in [1.82, 2.24) is 4.57 Å². The highest BCUT2D eigenvalue weighted by atomic mass is 35.5. The molecule has 0 spiro atoms. The number of carbonyl (C=O) groups excluding carboxylic acids is 3. The first-order chi connectivity index (χ1) is 16.9. The number of carbonyl (C=O) groups is 3. The number of hydrogen-bond acceptors (Lipinski definition) is 6. The van der Waals surface area contributed by atoms with Crippen LogP contribution in [0.3, 0.4) is 0 Å². The number of pyridine rings is 1. The van der Waals surface area contributed by atoms with Crippen molar-refractivity contribution in [2.45, 2.75) is 38.6 Å². The van der Waals surface area contributed by atoms with E-state index in [1.165, 1.54) is 16.8 Å². The summed E-state index contributed by atoms with van der Waals surface area (Å²) in [6.07, 6.45) is 3.55. The van der Waals surface area contributed by atoms with E-state index in [0.29, 0.717) is 34.7 Å². The predicted molar refractivity (Wildman–Crippen MR) is 131 cm³/mol. The standard InChI is InChI=1S/C27H21ClN2O5/c28-19-9-8-17-2-1-3-25(32)23-15-30(26(33)12-22(23)21(17)11-19)14-20(31)10-16-4-6-18(7-5-16)24-13-27(34)35-29-24/h4-9,11-12,15H,1-3,10,13-14H2. The average molecular weight is 489 g/mol. The SMILES string of the molecule is O=C(Cc1ccc(C2=NOC(=O)C2)cc1)Cn1cc2c(cc1=O)-c1cc(Cl)ccc1CCCC2=O. The van der Waals surface area contributed by atoms with Crippen LogP contribution in [-0.2, 0) is 33.8 Å². The zero-order chi connectivity index (χ0) is 24.5. The third kappa shape index (κ3) is 4.86. The van der Waals surface area contributed by atoms with Gasteiger partial charge in [-0.05, 0) is 52.8 Å². The lowest BCUT2D eigenvalue weighted by atomic mass is 9.88. The van der Waals surface area contributed by atoms with E-state index in [4.69, 9.17) is 11.6 Å². The van der Waals surface area contributed by atoms with Crippen LogP contribution in [0.5, 0.6) is 0 Å². The summed E-state index contributed by atoms with van der Waals surface area (Å²) in [6, 6.07) is 14.1. The van der Waals surface area contributed by atoms with Crippen molar-refractivity contribution < 1.29 is 19.2 Å². The van der Waals surface area contributed by atoms with Crippen molar-refractivity contribution in [3.05, 3.63) is 92.4 Å². The highest BCUT2D eigenvalue weighted by molar-refractivity contribution is 6.31. The zero-order valence-electron chi connectivity index (χ0n) is 18.8. The molecule has 1 aliphatic carbocycles. The first-order valence-electron chi connectivity index (χ1n) is 11.3. The van der Waals surface area contributed by atoms with Gasteiger partial charge in [-0.2, -0.15) is 0 Å². The number of benzene rings is 2. The number of hydrogen-bond donors (Lipinski definition) is 0. The van der Waals surface area contributed by atoms with Crippen LogP contribution in [0.25, 0.3) is 11.1 Å². The van der Waals surface area contributed by atoms with Crippen LogP contribution in [0.1, 0.15) is 46.3 Å². The van der Waals surface area contributed by atoms with Gasteiger partial charge < -0.3 is 9.40 Å². The van der Waals surface area contributed by atoms with Gasteiger partial charge in [0, 0.05) is 35.7 Å². The zero-order valence-corrected chi connectivity index (χ0v) is 19.5. The van der Waals surface area contributed by atoms with Crippen LogP contribution in [0, 0.1) is 0 Å². The Labute approximate surface area is 206 Å². The van der Waals surface area contributed by atoms with Gasteiger partial charge in [0.05, 0.1) is 18.7 Å². The summed E-state index contributed by atoms with van der Waals surface area (Å²) in [7, 11) is 0. The monoisotopic (exact) mass is 488 g/mol. The Morgan fingerprint density at radius 3 is 2.51 bits per heavy atom. The summed E-state index contributed by atoms with van der Waals surface area (Å²) >= 11 is 6.20. The molecular weight excluding hydrogens is 468 g/mol. The summed E-state index contributed by atoms with van der Waals surface area (Å²) in [5, 5.41) is 4.28. The number of aryl methyl sites for hydroxylation is 1. The van der Waals surface area contributed by atoms with E-state index >= 15 is 0 Å². The van der Waals surface area contributed by atoms with E-state index < -0.39 is 5.97 Å². The van der Waals surface area contributed by atoms with Gasteiger partial charge in [0.15, 0.2) is 11.6 Å². The lowest BCUT2D eigenvalue weighted by Crippen LogP contribution is -2.26. The molecule has 0 unspecified atom stereocenters. The Bertz CT molecular complexity index is 1450. The molecule has 2 aliphatic rings.